The van der Waals surface area contributed by atoms with Gasteiger partial charge in [-0.15, -0.1) is 0 Å². The fourth-order valence-corrected chi connectivity index (χ4v) is 2.77. The molecule has 1 heterocycles. The van der Waals surface area contributed by atoms with Crippen molar-refractivity contribution in [3.63, 3.8) is 0 Å². The lowest BCUT2D eigenvalue weighted by Crippen LogP contribution is -2.44. The summed E-state index contributed by atoms with van der Waals surface area (Å²) in [5.74, 6) is 0.228. The van der Waals surface area contributed by atoms with Gasteiger partial charge in [0.1, 0.15) is 5.75 Å². The molecule has 0 unspecified atom stereocenters. The van der Waals surface area contributed by atoms with Crippen molar-refractivity contribution in [3.8, 4) is 5.75 Å². The molecule has 0 N–H and O–H groups in total. The molecule has 5 nitrogen and oxygen atoms in total. The van der Waals surface area contributed by atoms with E-state index in [9.17, 15) is 9.59 Å². The van der Waals surface area contributed by atoms with Crippen LogP contribution in [0, 0.1) is 19.8 Å². The SMILES string of the molecule is CCOC(=O)[C@H]1CCCN(C(=O)COc2cccc(C)c2C)C1. The number of piperidine rings is 1. The quantitative estimate of drug-likeness (QED) is 0.783. The lowest BCUT2D eigenvalue weighted by molar-refractivity contribution is -0.151. The highest BCUT2D eigenvalue weighted by Gasteiger charge is 2.29. The average Bonchev–Trinajstić information content (AvgIpc) is 2.56. The van der Waals surface area contributed by atoms with Gasteiger partial charge < -0.3 is 14.4 Å². The number of benzene rings is 1. The smallest absolute Gasteiger partial charge is 0.310 e. The Kier molecular flexibility index (Phi) is 6.02. The van der Waals surface area contributed by atoms with Crippen LogP contribution in [0.5, 0.6) is 5.75 Å². The first-order valence-corrected chi connectivity index (χ1v) is 8.16. The average molecular weight is 319 g/mol. The number of hydrogen-bond acceptors (Lipinski definition) is 4. The molecule has 5 heteroatoms. The van der Waals surface area contributed by atoms with E-state index in [1.165, 1.54) is 0 Å². The Bertz CT molecular complexity index is 570. The second-order valence-electron chi connectivity index (χ2n) is 5.92. The molecule has 1 aliphatic heterocycles. The van der Waals surface area contributed by atoms with E-state index in [0.29, 0.717) is 19.7 Å². The summed E-state index contributed by atoms with van der Waals surface area (Å²) in [6, 6.07) is 5.80. The molecular formula is C18H25NO4. The van der Waals surface area contributed by atoms with Crippen LogP contribution < -0.4 is 4.74 Å². The van der Waals surface area contributed by atoms with Gasteiger partial charge in [0.15, 0.2) is 6.61 Å². The maximum atomic E-state index is 12.3. The molecule has 1 aromatic carbocycles. The highest BCUT2D eigenvalue weighted by atomic mass is 16.5. The Labute approximate surface area is 137 Å². The van der Waals surface area contributed by atoms with Gasteiger partial charge in [-0.25, -0.2) is 0 Å². The summed E-state index contributed by atoms with van der Waals surface area (Å²) in [7, 11) is 0. The third-order valence-corrected chi connectivity index (χ3v) is 4.30. The van der Waals surface area contributed by atoms with Crippen LogP contribution in [0.4, 0.5) is 0 Å². The van der Waals surface area contributed by atoms with Crippen molar-refractivity contribution in [3.05, 3.63) is 29.3 Å². The van der Waals surface area contributed by atoms with Gasteiger partial charge in [-0.3, -0.25) is 9.59 Å². The summed E-state index contributed by atoms with van der Waals surface area (Å²) in [5, 5.41) is 0. The first-order valence-electron chi connectivity index (χ1n) is 8.16. The summed E-state index contributed by atoms with van der Waals surface area (Å²) >= 11 is 0. The highest BCUT2D eigenvalue weighted by molar-refractivity contribution is 5.79. The van der Waals surface area contributed by atoms with E-state index >= 15 is 0 Å². The molecule has 0 spiro atoms. The molecular weight excluding hydrogens is 294 g/mol. The van der Waals surface area contributed by atoms with Gasteiger partial charge in [-0.1, -0.05) is 12.1 Å². The Hall–Kier alpha value is -2.04. The molecule has 1 fully saturated rings. The molecule has 1 amide bonds. The zero-order valence-electron chi connectivity index (χ0n) is 14.1. The van der Waals surface area contributed by atoms with Crippen molar-refractivity contribution in [2.45, 2.75) is 33.6 Å². The summed E-state index contributed by atoms with van der Waals surface area (Å²) in [5.41, 5.74) is 2.18. The van der Waals surface area contributed by atoms with Gasteiger partial charge in [0.2, 0.25) is 0 Å². The first kappa shape index (κ1) is 17.3. The Morgan fingerprint density at radius 1 is 1.30 bits per heavy atom. The number of ether oxygens (including phenoxy) is 2. The van der Waals surface area contributed by atoms with Crippen molar-refractivity contribution in [2.24, 2.45) is 5.92 Å². The second kappa shape index (κ2) is 7.99. The number of carbonyl (C=O) groups is 2. The number of amides is 1. The molecule has 1 atom stereocenters. The maximum absolute atomic E-state index is 12.3. The van der Waals surface area contributed by atoms with Gasteiger partial charge in [-0.2, -0.15) is 0 Å². The van der Waals surface area contributed by atoms with E-state index in [1.807, 2.05) is 32.0 Å². The molecule has 2 rings (SSSR count). The highest BCUT2D eigenvalue weighted by Crippen LogP contribution is 2.21. The number of carbonyl (C=O) groups excluding carboxylic acids is 2. The molecule has 1 aromatic rings. The molecule has 0 radical (unpaired) electrons. The zero-order chi connectivity index (χ0) is 16.8. The van der Waals surface area contributed by atoms with E-state index in [0.717, 1.165) is 29.7 Å². The number of aryl methyl sites for hydroxylation is 1. The standard InChI is InChI=1S/C18H25NO4/c1-4-22-18(21)15-8-6-10-19(11-15)17(20)12-23-16-9-5-7-13(2)14(16)3/h5,7,9,15H,4,6,8,10-12H2,1-3H3/t15-/m0/s1. The molecule has 0 bridgehead atoms. The van der Waals surface area contributed by atoms with E-state index in [1.54, 1.807) is 11.8 Å². The molecule has 1 aliphatic rings. The Morgan fingerprint density at radius 2 is 2.09 bits per heavy atom. The van der Waals surface area contributed by atoms with Crippen LogP contribution in [-0.4, -0.2) is 43.1 Å². The Morgan fingerprint density at radius 3 is 2.83 bits per heavy atom. The van der Waals surface area contributed by atoms with Gasteiger partial charge in [-0.05, 0) is 50.8 Å². The maximum Gasteiger partial charge on any atom is 0.310 e. The number of nitrogens with zero attached hydrogens (tertiary/aromatic N) is 1. The van der Waals surface area contributed by atoms with E-state index in [4.69, 9.17) is 9.47 Å². The third-order valence-electron chi connectivity index (χ3n) is 4.30. The normalized spacial score (nSPS) is 17.7. The van der Waals surface area contributed by atoms with E-state index in [-0.39, 0.29) is 24.4 Å². The summed E-state index contributed by atoms with van der Waals surface area (Å²) in [6.07, 6.45) is 1.60. The summed E-state index contributed by atoms with van der Waals surface area (Å²) < 4.78 is 10.7. The van der Waals surface area contributed by atoms with Crippen molar-refractivity contribution in [1.82, 2.24) is 4.90 Å². The van der Waals surface area contributed by atoms with Crippen LogP contribution in [0.2, 0.25) is 0 Å². The summed E-state index contributed by atoms with van der Waals surface area (Å²) in [6.45, 7) is 7.25. The first-order chi connectivity index (χ1) is 11.0. The minimum atomic E-state index is -0.214. The van der Waals surface area contributed by atoms with E-state index < -0.39 is 0 Å². The molecule has 0 aromatic heterocycles. The predicted octanol–water partition coefficient (Wildman–Crippen LogP) is 2.48. The predicted molar refractivity (Wildman–Crippen MR) is 87.3 cm³/mol. The monoisotopic (exact) mass is 319 g/mol. The van der Waals surface area contributed by atoms with Crippen LogP contribution >= 0.6 is 0 Å². The zero-order valence-corrected chi connectivity index (χ0v) is 14.1. The van der Waals surface area contributed by atoms with Gasteiger partial charge in [0, 0.05) is 13.1 Å². The lowest BCUT2D eigenvalue weighted by Gasteiger charge is -2.31. The Balaban J connectivity index is 1.90. The molecule has 0 aliphatic carbocycles. The largest absolute Gasteiger partial charge is 0.483 e. The number of hydrogen-bond donors (Lipinski definition) is 0. The van der Waals surface area contributed by atoms with Gasteiger partial charge in [0.25, 0.3) is 5.91 Å². The second-order valence-corrected chi connectivity index (χ2v) is 5.92. The molecule has 23 heavy (non-hydrogen) atoms. The van der Waals surface area contributed by atoms with Gasteiger partial charge in [0.05, 0.1) is 12.5 Å². The third kappa shape index (κ3) is 4.47. The van der Waals surface area contributed by atoms with Crippen molar-refractivity contribution < 1.29 is 19.1 Å². The molecule has 126 valence electrons. The minimum absolute atomic E-state index is 0.000160. The lowest BCUT2D eigenvalue weighted by atomic mass is 9.98. The number of esters is 1. The molecule has 0 saturated carbocycles. The van der Waals surface area contributed by atoms with Crippen molar-refractivity contribution in [1.29, 1.82) is 0 Å². The minimum Gasteiger partial charge on any atom is -0.483 e. The van der Waals surface area contributed by atoms with Crippen molar-refractivity contribution in [2.75, 3.05) is 26.3 Å². The molecule has 1 saturated heterocycles. The van der Waals surface area contributed by atoms with Crippen LogP contribution in [0.15, 0.2) is 18.2 Å². The number of rotatable bonds is 5. The van der Waals surface area contributed by atoms with Crippen LogP contribution in [-0.2, 0) is 14.3 Å². The van der Waals surface area contributed by atoms with Gasteiger partial charge >= 0.3 is 5.97 Å². The number of likely N-dealkylation sites (tertiary alicyclic amines) is 1. The van der Waals surface area contributed by atoms with Crippen molar-refractivity contribution >= 4 is 11.9 Å². The summed E-state index contributed by atoms with van der Waals surface area (Å²) in [4.78, 5) is 25.9. The van der Waals surface area contributed by atoms with Crippen LogP contribution in [0.3, 0.4) is 0 Å². The van der Waals surface area contributed by atoms with E-state index in [2.05, 4.69) is 0 Å². The topological polar surface area (TPSA) is 55.8 Å². The fourth-order valence-electron chi connectivity index (χ4n) is 2.77. The van der Waals surface area contributed by atoms with Crippen LogP contribution in [0.1, 0.15) is 30.9 Å². The fraction of sp³-hybridized carbons (Fsp3) is 0.556. The van der Waals surface area contributed by atoms with Crippen LogP contribution in [0.25, 0.3) is 0 Å².